The van der Waals surface area contributed by atoms with Gasteiger partial charge >= 0.3 is 26.2 Å². The number of halogens is 1. The van der Waals surface area contributed by atoms with Gasteiger partial charge in [0.1, 0.15) is 0 Å². The SMILES string of the molecule is C=C.[CH2-]c1ccccc1.[Cl-].[Zr+4].c1ccc2[cH-]ccc2c1.c1ccc2[cH-]ccc2c1. The molecule has 5 aromatic carbocycles. The second-order valence-corrected chi connectivity index (χ2v) is 5.79. The first kappa shape index (κ1) is 26.7. The fraction of sp³-hybridized carbons (Fsp3) is 0. The van der Waals surface area contributed by atoms with Gasteiger partial charge in [-0.25, -0.2) is 0 Å². The van der Waals surface area contributed by atoms with E-state index in [9.17, 15) is 0 Å². The van der Waals surface area contributed by atoms with Crippen molar-refractivity contribution in [2.24, 2.45) is 0 Å². The first-order valence-corrected chi connectivity index (χ1v) is 8.91. The average molecular weight is 476 g/mol. The molecule has 0 aliphatic carbocycles. The van der Waals surface area contributed by atoms with Crippen LogP contribution in [0.2, 0.25) is 0 Å². The maximum Gasteiger partial charge on any atom is 4.00 e. The zero-order valence-electron chi connectivity index (χ0n) is 16.5. The first-order chi connectivity index (χ1) is 13.3. The Hall–Kier alpha value is -2.34. The normalized spacial score (nSPS) is 8.55. The molecule has 0 aromatic heterocycles. The molecule has 0 saturated heterocycles. The third kappa shape index (κ3) is 9.13. The molecule has 0 aliphatic rings. The van der Waals surface area contributed by atoms with Crippen LogP contribution >= 0.6 is 0 Å². The molecule has 5 rings (SSSR count). The summed E-state index contributed by atoms with van der Waals surface area (Å²) in [5.41, 5.74) is 1.07. The van der Waals surface area contributed by atoms with Crippen LogP contribution < -0.4 is 12.4 Å². The number of fused-ring (bicyclic) bond motifs is 2. The Morgan fingerprint density at radius 1 is 0.552 bits per heavy atom. The molecule has 0 N–H and O–H groups in total. The van der Waals surface area contributed by atoms with Gasteiger partial charge < -0.3 is 12.4 Å². The van der Waals surface area contributed by atoms with E-state index in [1.54, 1.807) is 0 Å². The van der Waals surface area contributed by atoms with E-state index in [4.69, 9.17) is 0 Å². The quantitative estimate of drug-likeness (QED) is 0.223. The molecule has 0 saturated carbocycles. The molecular weight excluding hydrogens is 451 g/mol. The molecule has 144 valence electrons. The largest absolute Gasteiger partial charge is 4.00 e. The van der Waals surface area contributed by atoms with Gasteiger partial charge in [0.15, 0.2) is 0 Å². The van der Waals surface area contributed by atoms with E-state index >= 15 is 0 Å². The molecule has 0 aliphatic heterocycles. The van der Waals surface area contributed by atoms with E-state index in [0.717, 1.165) is 5.56 Å². The zero-order valence-corrected chi connectivity index (χ0v) is 19.7. The van der Waals surface area contributed by atoms with E-state index in [1.807, 2.05) is 30.3 Å². The molecule has 0 radical (unpaired) electrons. The predicted octanol–water partition coefficient (Wildman–Crippen LogP) is 4.79. The van der Waals surface area contributed by atoms with Crippen molar-refractivity contribution < 1.29 is 38.6 Å². The van der Waals surface area contributed by atoms with Crippen molar-refractivity contribution in [3.05, 3.63) is 141 Å². The Bertz CT molecular complexity index is 901. The standard InChI is InChI=1S/2C9H7.C7H7.C2H4.ClH.Zr/c2*1-2-5-9-7-3-6-8(9)4-1;1-7-5-3-2-4-6-7;1-2;;/h2*1-7H;2-6H,1H2;1-2H2;1H;/q3*-1;;;+4/p-1. The van der Waals surface area contributed by atoms with Crippen molar-refractivity contribution in [2.75, 3.05) is 0 Å². The van der Waals surface area contributed by atoms with Crippen molar-refractivity contribution >= 4 is 21.5 Å². The van der Waals surface area contributed by atoms with Crippen LogP contribution in [0.4, 0.5) is 0 Å². The monoisotopic (exact) mass is 474 g/mol. The number of hydrogen-bond donors (Lipinski definition) is 0. The van der Waals surface area contributed by atoms with Gasteiger partial charge in [-0.3, -0.25) is 0 Å². The molecule has 0 heterocycles. The summed E-state index contributed by atoms with van der Waals surface area (Å²) in [6.45, 7) is 9.72. The fourth-order valence-electron chi connectivity index (χ4n) is 2.62. The molecule has 0 unspecified atom stereocenters. The van der Waals surface area contributed by atoms with Gasteiger partial charge in [-0.15, -0.1) is 84.6 Å². The van der Waals surface area contributed by atoms with Crippen LogP contribution in [0.5, 0.6) is 0 Å². The Morgan fingerprint density at radius 3 is 1.28 bits per heavy atom. The smallest absolute Gasteiger partial charge is 1.00 e. The van der Waals surface area contributed by atoms with Crippen molar-refractivity contribution in [2.45, 2.75) is 0 Å². The molecule has 0 atom stereocenters. The second kappa shape index (κ2) is 15.6. The third-order valence-electron chi connectivity index (χ3n) is 3.94. The maximum absolute atomic E-state index is 3.72. The summed E-state index contributed by atoms with van der Waals surface area (Å²) in [6.07, 6.45) is 0. The third-order valence-corrected chi connectivity index (χ3v) is 3.94. The molecule has 0 nitrogen and oxygen atoms in total. The van der Waals surface area contributed by atoms with Gasteiger partial charge in [0.25, 0.3) is 0 Å². The molecule has 2 heteroatoms. The number of benzene rings is 3. The van der Waals surface area contributed by atoms with Crippen LogP contribution in [0.25, 0.3) is 21.5 Å². The molecule has 5 aromatic rings. The molecule has 0 spiro atoms. The molecule has 0 fully saturated rings. The van der Waals surface area contributed by atoms with Gasteiger partial charge in [-0.2, -0.15) is 59.7 Å². The number of rotatable bonds is 0. The average Bonchev–Trinajstić information content (AvgIpc) is 3.40. The molecule has 0 amide bonds. The van der Waals surface area contributed by atoms with E-state index in [2.05, 4.69) is 105 Å². The van der Waals surface area contributed by atoms with E-state index in [1.165, 1.54) is 21.5 Å². The summed E-state index contributed by atoms with van der Waals surface area (Å²) in [6, 6.07) is 39.2. The van der Waals surface area contributed by atoms with Gasteiger partial charge in [-0.1, -0.05) is 18.2 Å². The fourth-order valence-corrected chi connectivity index (χ4v) is 2.62. The van der Waals surface area contributed by atoms with Crippen LogP contribution in [-0.2, 0) is 26.2 Å². The van der Waals surface area contributed by atoms with Gasteiger partial charge in [0.05, 0.1) is 0 Å². The summed E-state index contributed by atoms with van der Waals surface area (Å²) in [7, 11) is 0. The van der Waals surface area contributed by atoms with Crippen molar-refractivity contribution in [3.8, 4) is 0 Å². The maximum atomic E-state index is 3.72. The van der Waals surface area contributed by atoms with Crippen LogP contribution in [0.15, 0.2) is 128 Å². The van der Waals surface area contributed by atoms with Crippen LogP contribution in [0.1, 0.15) is 5.56 Å². The Morgan fingerprint density at radius 2 is 0.931 bits per heavy atom. The minimum absolute atomic E-state index is 0. The Labute approximate surface area is 200 Å². The summed E-state index contributed by atoms with van der Waals surface area (Å²) in [5, 5.41) is 5.32. The van der Waals surface area contributed by atoms with Crippen LogP contribution in [0.3, 0.4) is 0 Å². The van der Waals surface area contributed by atoms with Crippen LogP contribution in [-0.4, -0.2) is 0 Å². The summed E-state index contributed by atoms with van der Waals surface area (Å²) in [4.78, 5) is 0. The minimum Gasteiger partial charge on any atom is -1.00 e. The molecular formula is C27H25ClZr. The van der Waals surface area contributed by atoms with E-state index in [-0.39, 0.29) is 38.6 Å². The molecule has 29 heavy (non-hydrogen) atoms. The summed E-state index contributed by atoms with van der Waals surface area (Å²) in [5.74, 6) is 0. The Kier molecular flexibility index (Phi) is 14.3. The van der Waals surface area contributed by atoms with Crippen molar-refractivity contribution in [1.29, 1.82) is 0 Å². The van der Waals surface area contributed by atoms with Gasteiger partial charge in [0.2, 0.25) is 0 Å². The first-order valence-electron chi connectivity index (χ1n) is 8.91. The van der Waals surface area contributed by atoms with Gasteiger partial charge in [0, 0.05) is 0 Å². The predicted molar refractivity (Wildman–Crippen MR) is 121 cm³/mol. The zero-order chi connectivity index (χ0) is 19.3. The van der Waals surface area contributed by atoms with Crippen LogP contribution in [0, 0.1) is 6.92 Å². The summed E-state index contributed by atoms with van der Waals surface area (Å²) >= 11 is 0. The van der Waals surface area contributed by atoms with Crippen molar-refractivity contribution in [3.63, 3.8) is 0 Å². The minimum atomic E-state index is 0. The second-order valence-electron chi connectivity index (χ2n) is 5.79. The van der Waals surface area contributed by atoms with E-state index < -0.39 is 0 Å². The number of hydrogen-bond acceptors (Lipinski definition) is 0. The molecule has 0 bridgehead atoms. The Balaban J connectivity index is 0.000000379. The van der Waals surface area contributed by atoms with Crippen molar-refractivity contribution in [1.82, 2.24) is 0 Å². The summed E-state index contributed by atoms with van der Waals surface area (Å²) < 4.78 is 0. The van der Waals surface area contributed by atoms with Gasteiger partial charge in [-0.05, 0) is 0 Å². The van der Waals surface area contributed by atoms with E-state index in [0.29, 0.717) is 0 Å². The topological polar surface area (TPSA) is 0 Å².